The number of aromatic nitrogens is 5. The van der Waals surface area contributed by atoms with E-state index in [-0.39, 0.29) is 0 Å². The van der Waals surface area contributed by atoms with E-state index in [1.807, 2.05) is 12.1 Å². The Balaban J connectivity index is 2.22. The second kappa shape index (κ2) is 5.07. The third-order valence-electron chi connectivity index (χ3n) is 2.32. The summed E-state index contributed by atoms with van der Waals surface area (Å²) in [7, 11) is 0. The van der Waals surface area contributed by atoms with Gasteiger partial charge in [0.15, 0.2) is 11.5 Å². The fraction of sp³-hybridized carbons (Fsp3) is 0.556. The van der Waals surface area contributed by atoms with Crippen molar-refractivity contribution in [1.82, 2.24) is 25.3 Å². The zero-order valence-electron chi connectivity index (χ0n) is 9.04. The highest BCUT2D eigenvalue weighted by atomic mass is 35.5. The minimum atomic E-state index is 0.650. The van der Waals surface area contributed by atoms with Crippen molar-refractivity contribution in [2.45, 2.75) is 13.3 Å². The Hall–Kier alpha value is -1.43. The lowest BCUT2D eigenvalue weighted by Crippen LogP contribution is -2.25. The van der Waals surface area contributed by atoms with Crippen LogP contribution in [0.4, 0.5) is 5.82 Å². The van der Waals surface area contributed by atoms with E-state index in [2.05, 4.69) is 32.4 Å². The van der Waals surface area contributed by atoms with Gasteiger partial charge < -0.3 is 4.90 Å². The van der Waals surface area contributed by atoms with Crippen LogP contribution in [0.25, 0.3) is 5.65 Å². The molecule has 0 fully saturated rings. The van der Waals surface area contributed by atoms with Gasteiger partial charge >= 0.3 is 0 Å². The topological polar surface area (TPSA) is 59.2 Å². The van der Waals surface area contributed by atoms with Crippen molar-refractivity contribution in [2.24, 2.45) is 0 Å². The number of hydrogen-bond acceptors (Lipinski definition) is 5. The van der Waals surface area contributed by atoms with Crippen LogP contribution >= 0.6 is 11.6 Å². The van der Waals surface area contributed by atoms with Crippen molar-refractivity contribution in [2.75, 3.05) is 23.9 Å². The maximum atomic E-state index is 5.68. The smallest absolute Gasteiger partial charge is 0.200 e. The maximum Gasteiger partial charge on any atom is 0.200 e. The molecule has 0 atom stereocenters. The van der Waals surface area contributed by atoms with Crippen LogP contribution in [0, 0.1) is 0 Å². The molecular weight excluding hydrogens is 228 g/mol. The minimum Gasteiger partial charge on any atom is -0.355 e. The van der Waals surface area contributed by atoms with Gasteiger partial charge in [0.2, 0.25) is 0 Å². The van der Waals surface area contributed by atoms with Crippen molar-refractivity contribution in [3.63, 3.8) is 0 Å². The van der Waals surface area contributed by atoms with Crippen molar-refractivity contribution < 1.29 is 0 Å². The summed E-state index contributed by atoms with van der Waals surface area (Å²) in [6, 6.07) is 3.77. The van der Waals surface area contributed by atoms with E-state index < -0.39 is 0 Å². The summed E-state index contributed by atoms with van der Waals surface area (Å²) in [6.07, 6.45) is 0.935. The average molecular weight is 241 g/mol. The van der Waals surface area contributed by atoms with E-state index in [9.17, 15) is 0 Å². The highest BCUT2D eigenvalue weighted by Gasteiger charge is 2.07. The zero-order chi connectivity index (χ0) is 11.4. The van der Waals surface area contributed by atoms with Gasteiger partial charge in [0, 0.05) is 19.0 Å². The third-order valence-corrected chi connectivity index (χ3v) is 2.59. The predicted molar refractivity (Wildman–Crippen MR) is 61.8 cm³/mol. The lowest BCUT2D eigenvalue weighted by atomic mass is 10.4. The second-order valence-electron chi connectivity index (χ2n) is 3.34. The molecule has 7 heteroatoms. The zero-order valence-corrected chi connectivity index (χ0v) is 9.80. The SMILES string of the molecule is CCN(CCCCl)c1ccc2nnnn2n1. The lowest BCUT2D eigenvalue weighted by Gasteiger charge is -2.20. The summed E-state index contributed by atoms with van der Waals surface area (Å²) in [6.45, 7) is 3.86. The van der Waals surface area contributed by atoms with Crippen LogP contribution in [0.3, 0.4) is 0 Å². The normalized spacial score (nSPS) is 10.9. The molecule has 0 aliphatic heterocycles. The Morgan fingerprint density at radius 2 is 2.31 bits per heavy atom. The van der Waals surface area contributed by atoms with Crippen molar-refractivity contribution >= 4 is 23.1 Å². The fourth-order valence-corrected chi connectivity index (χ4v) is 1.61. The molecule has 6 nitrogen and oxygen atoms in total. The quantitative estimate of drug-likeness (QED) is 0.729. The number of nitrogens with zero attached hydrogens (tertiary/aromatic N) is 6. The summed E-state index contributed by atoms with van der Waals surface area (Å²) < 4.78 is 1.43. The van der Waals surface area contributed by atoms with Gasteiger partial charge in [0.05, 0.1) is 0 Å². The number of rotatable bonds is 5. The highest BCUT2D eigenvalue weighted by molar-refractivity contribution is 6.17. The van der Waals surface area contributed by atoms with Gasteiger partial charge in [-0.15, -0.1) is 26.4 Å². The molecule has 2 heterocycles. The molecule has 0 spiro atoms. The van der Waals surface area contributed by atoms with Crippen molar-refractivity contribution in [3.8, 4) is 0 Å². The van der Waals surface area contributed by atoms with Crippen LogP contribution < -0.4 is 4.90 Å². The summed E-state index contributed by atoms with van der Waals surface area (Å²) in [5.74, 6) is 1.52. The summed E-state index contributed by atoms with van der Waals surface area (Å²) >= 11 is 5.68. The van der Waals surface area contributed by atoms with Crippen molar-refractivity contribution in [3.05, 3.63) is 12.1 Å². The molecule has 0 aliphatic carbocycles. The Morgan fingerprint density at radius 1 is 1.44 bits per heavy atom. The first kappa shape index (κ1) is 11.1. The molecule has 0 aliphatic rings. The maximum absolute atomic E-state index is 5.68. The first-order valence-corrected chi connectivity index (χ1v) is 5.75. The predicted octanol–water partition coefficient (Wildman–Crippen LogP) is 0.974. The number of halogens is 1. The van der Waals surface area contributed by atoms with E-state index in [1.165, 1.54) is 4.63 Å². The molecule has 86 valence electrons. The van der Waals surface area contributed by atoms with E-state index in [0.29, 0.717) is 11.5 Å². The van der Waals surface area contributed by atoms with Gasteiger partial charge in [-0.1, -0.05) is 0 Å². The lowest BCUT2D eigenvalue weighted by molar-refractivity contribution is 0.704. The van der Waals surface area contributed by atoms with Crippen LogP contribution in [-0.4, -0.2) is 44.2 Å². The van der Waals surface area contributed by atoms with E-state index in [0.717, 1.165) is 25.3 Å². The molecule has 0 aromatic carbocycles. The van der Waals surface area contributed by atoms with Gasteiger partial charge in [-0.25, -0.2) is 0 Å². The molecular formula is C9H13ClN6. The molecule has 2 aromatic heterocycles. The van der Waals surface area contributed by atoms with Crippen molar-refractivity contribution in [1.29, 1.82) is 0 Å². The van der Waals surface area contributed by atoms with Crippen LogP contribution in [0.1, 0.15) is 13.3 Å². The largest absolute Gasteiger partial charge is 0.355 e. The number of fused-ring (bicyclic) bond motifs is 1. The molecule has 0 saturated heterocycles. The first-order valence-electron chi connectivity index (χ1n) is 5.21. The molecule has 0 unspecified atom stereocenters. The number of hydrogen-bond donors (Lipinski definition) is 0. The average Bonchev–Trinajstić information content (AvgIpc) is 2.77. The molecule has 0 N–H and O–H groups in total. The standard InChI is InChI=1S/C9H13ClN6/c1-2-15(7-3-6-10)9-5-4-8-11-13-14-16(8)12-9/h4-5H,2-3,6-7H2,1H3. The number of anilines is 1. The van der Waals surface area contributed by atoms with Crippen LogP contribution in [0.15, 0.2) is 12.1 Å². The highest BCUT2D eigenvalue weighted by Crippen LogP contribution is 2.10. The summed E-state index contributed by atoms with van der Waals surface area (Å²) in [5, 5.41) is 15.4. The van der Waals surface area contributed by atoms with Gasteiger partial charge in [-0.05, 0) is 35.9 Å². The Bertz CT molecular complexity index is 456. The molecule has 0 radical (unpaired) electrons. The van der Waals surface area contributed by atoms with E-state index >= 15 is 0 Å². The van der Waals surface area contributed by atoms with E-state index in [4.69, 9.17) is 11.6 Å². The third kappa shape index (κ3) is 2.21. The Labute approximate surface area is 98.2 Å². The van der Waals surface area contributed by atoms with Gasteiger partial charge in [-0.2, -0.15) is 0 Å². The van der Waals surface area contributed by atoms with Crippen LogP contribution in [0.2, 0.25) is 0 Å². The molecule has 2 aromatic rings. The number of alkyl halides is 1. The van der Waals surface area contributed by atoms with Gasteiger partial charge in [-0.3, -0.25) is 0 Å². The molecule has 0 saturated carbocycles. The second-order valence-corrected chi connectivity index (χ2v) is 3.72. The van der Waals surface area contributed by atoms with Gasteiger partial charge in [0.1, 0.15) is 0 Å². The van der Waals surface area contributed by atoms with Crippen LogP contribution in [-0.2, 0) is 0 Å². The number of tetrazole rings is 1. The van der Waals surface area contributed by atoms with E-state index in [1.54, 1.807) is 0 Å². The summed E-state index contributed by atoms with van der Waals surface area (Å²) in [5.41, 5.74) is 0.650. The Kier molecular flexibility index (Phi) is 3.51. The molecule has 16 heavy (non-hydrogen) atoms. The first-order chi connectivity index (χ1) is 7.85. The molecule has 0 bridgehead atoms. The van der Waals surface area contributed by atoms with Crippen LogP contribution in [0.5, 0.6) is 0 Å². The fourth-order valence-electron chi connectivity index (χ4n) is 1.49. The Morgan fingerprint density at radius 3 is 3.06 bits per heavy atom. The van der Waals surface area contributed by atoms with Gasteiger partial charge in [0.25, 0.3) is 0 Å². The molecule has 0 amide bonds. The minimum absolute atomic E-state index is 0.650. The summed E-state index contributed by atoms with van der Waals surface area (Å²) in [4.78, 5) is 2.14. The molecule has 2 rings (SSSR count). The monoisotopic (exact) mass is 240 g/mol.